The summed E-state index contributed by atoms with van der Waals surface area (Å²) in [5, 5.41) is 11.7. The third kappa shape index (κ3) is 7.96. The Morgan fingerprint density at radius 2 is 1.97 bits per heavy atom. The van der Waals surface area contributed by atoms with Gasteiger partial charge < -0.3 is 25.4 Å². The van der Waals surface area contributed by atoms with Crippen molar-refractivity contribution in [2.24, 2.45) is 0 Å². The van der Waals surface area contributed by atoms with Crippen molar-refractivity contribution < 1.29 is 23.9 Å². The first-order valence-electron chi connectivity index (χ1n) is 11.0. The van der Waals surface area contributed by atoms with Crippen LogP contribution in [0, 0.1) is 0 Å². The molecule has 1 aliphatic heterocycles. The minimum absolute atomic E-state index is 0.118. The maximum Gasteiger partial charge on any atom is 0.234 e. The van der Waals surface area contributed by atoms with E-state index in [0.29, 0.717) is 24.6 Å². The van der Waals surface area contributed by atoms with Crippen LogP contribution in [0.2, 0.25) is 0 Å². The van der Waals surface area contributed by atoms with Crippen molar-refractivity contribution in [2.45, 2.75) is 37.8 Å². The van der Waals surface area contributed by atoms with Crippen LogP contribution in [0.3, 0.4) is 0 Å². The molecule has 0 aromatic heterocycles. The van der Waals surface area contributed by atoms with Crippen LogP contribution >= 0.6 is 11.8 Å². The van der Waals surface area contributed by atoms with Gasteiger partial charge in [-0.25, -0.2) is 0 Å². The van der Waals surface area contributed by atoms with Crippen molar-refractivity contribution in [3.63, 3.8) is 0 Å². The second kappa shape index (κ2) is 12.9. The molecule has 182 valence electrons. The highest BCUT2D eigenvalue weighted by molar-refractivity contribution is 8.00. The smallest absolute Gasteiger partial charge is 0.234 e. The summed E-state index contributed by atoms with van der Waals surface area (Å²) in [6.45, 7) is 2.74. The van der Waals surface area contributed by atoms with E-state index in [-0.39, 0.29) is 42.4 Å². The summed E-state index contributed by atoms with van der Waals surface area (Å²) in [6, 6.07) is 14.4. The van der Waals surface area contributed by atoms with Crippen LogP contribution in [0.5, 0.6) is 11.5 Å². The highest BCUT2D eigenvalue weighted by Crippen LogP contribution is 2.24. The van der Waals surface area contributed by atoms with Gasteiger partial charge in [0.1, 0.15) is 17.0 Å². The van der Waals surface area contributed by atoms with Gasteiger partial charge in [-0.15, -0.1) is 11.8 Å². The third-order valence-electron chi connectivity index (χ3n) is 5.01. The maximum absolute atomic E-state index is 12.4. The number of benzene rings is 2. The Morgan fingerprint density at radius 3 is 2.76 bits per heavy atom. The summed E-state index contributed by atoms with van der Waals surface area (Å²) < 4.78 is 10.7. The largest absolute Gasteiger partial charge is 0.497 e. The Bertz CT molecular complexity index is 1000. The highest BCUT2D eigenvalue weighted by atomic mass is 32.2. The zero-order valence-corrected chi connectivity index (χ0v) is 20.1. The molecule has 3 rings (SSSR count). The molecule has 1 heterocycles. The summed E-state index contributed by atoms with van der Waals surface area (Å²) in [5.41, 5.74) is 1.05. The SMILES string of the molecule is CCOc1ccccc1NC(=O)CSC1NC(=O)CC(CC(=O)NCc2cccc(OC)c2)N1. The molecular weight excluding hydrogens is 456 g/mol. The van der Waals surface area contributed by atoms with Gasteiger partial charge in [-0.2, -0.15) is 0 Å². The van der Waals surface area contributed by atoms with Gasteiger partial charge in [0.05, 0.1) is 25.2 Å². The minimum Gasteiger partial charge on any atom is -0.497 e. The second-order valence-corrected chi connectivity index (χ2v) is 8.73. The van der Waals surface area contributed by atoms with Crippen molar-refractivity contribution in [3.8, 4) is 11.5 Å². The molecule has 0 aliphatic carbocycles. The van der Waals surface area contributed by atoms with Crippen molar-refractivity contribution in [3.05, 3.63) is 54.1 Å². The molecule has 0 saturated carbocycles. The average molecular weight is 487 g/mol. The highest BCUT2D eigenvalue weighted by Gasteiger charge is 2.28. The topological polar surface area (TPSA) is 118 Å². The maximum atomic E-state index is 12.4. The second-order valence-electron chi connectivity index (χ2n) is 7.64. The molecule has 0 bridgehead atoms. The van der Waals surface area contributed by atoms with E-state index in [1.54, 1.807) is 19.2 Å². The molecule has 3 amide bonds. The van der Waals surface area contributed by atoms with Gasteiger partial charge in [-0.05, 0) is 36.8 Å². The van der Waals surface area contributed by atoms with Crippen LogP contribution in [-0.2, 0) is 20.9 Å². The summed E-state index contributed by atoms with van der Waals surface area (Å²) in [6.07, 6.45) is 0.347. The quantitative estimate of drug-likeness (QED) is 0.385. The lowest BCUT2D eigenvalue weighted by Crippen LogP contribution is -2.56. The number of methoxy groups -OCH3 is 1. The van der Waals surface area contributed by atoms with Crippen LogP contribution in [0.25, 0.3) is 0 Å². The molecule has 0 spiro atoms. The Kier molecular flexibility index (Phi) is 9.60. The van der Waals surface area contributed by atoms with Gasteiger partial charge >= 0.3 is 0 Å². The molecule has 2 aromatic carbocycles. The van der Waals surface area contributed by atoms with Crippen LogP contribution in [0.4, 0.5) is 5.69 Å². The van der Waals surface area contributed by atoms with E-state index in [4.69, 9.17) is 9.47 Å². The van der Waals surface area contributed by atoms with Crippen molar-refractivity contribution in [1.29, 1.82) is 0 Å². The van der Waals surface area contributed by atoms with Crippen molar-refractivity contribution in [1.82, 2.24) is 16.0 Å². The number of ether oxygens (including phenoxy) is 2. The van der Waals surface area contributed by atoms with Crippen molar-refractivity contribution in [2.75, 3.05) is 24.8 Å². The van der Waals surface area contributed by atoms with E-state index in [2.05, 4.69) is 21.3 Å². The number of anilines is 1. The van der Waals surface area contributed by atoms with Crippen LogP contribution in [0.1, 0.15) is 25.3 Å². The molecule has 1 saturated heterocycles. The first kappa shape index (κ1) is 25.4. The molecule has 34 heavy (non-hydrogen) atoms. The first-order chi connectivity index (χ1) is 16.5. The van der Waals surface area contributed by atoms with Gasteiger partial charge in [0.2, 0.25) is 17.7 Å². The number of nitrogens with one attached hydrogen (secondary N) is 4. The van der Waals surface area contributed by atoms with E-state index in [9.17, 15) is 14.4 Å². The molecule has 0 radical (unpaired) electrons. The molecule has 1 aliphatic rings. The molecular formula is C24H30N4O5S. The number of rotatable bonds is 11. The number of hydrogen-bond donors (Lipinski definition) is 4. The number of thioether (sulfide) groups is 1. The van der Waals surface area contributed by atoms with E-state index in [1.807, 2.05) is 43.3 Å². The molecule has 10 heteroatoms. The van der Waals surface area contributed by atoms with Crippen molar-refractivity contribution >= 4 is 35.2 Å². The Morgan fingerprint density at radius 1 is 1.15 bits per heavy atom. The van der Waals surface area contributed by atoms with Crippen LogP contribution in [0.15, 0.2) is 48.5 Å². The van der Waals surface area contributed by atoms with Gasteiger partial charge in [-0.1, -0.05) is 24.3 Å². The first-order valence-corrected chi connectivity index (χ1v) is 12.1. The van der Waals surface area contributed by atoms with Gasteiger partial charge in [0.25, 0.3) is 0 Å². The Hall–Kier alpha value is -3.24. The number of para-hydroxylation sites is 2. The van der Waals surface area contributed by atoms with E-state index in [0.717, 1.165) is 11.3 Å². The fourth-order valence-electron chi connectivity index (χ4n) is 3.44. The predicted octanol–water partition coefficient (Wildman–Crippen LogP) is 2.23. The van der Waals surface area contributed by atoms with Crippen LogP contribution < -0.4 is 30.7 Å². The van der Waals surface area contributed by atoms with E-state index >= 15 is 0 Å². The van der Waals surface area contributed by atoms with E-state index in [1.165, 1.54) is 11.8 Å². The lowest BCUT2D eigenvalue weighted by Gasteiger charge is -2.30. The normalized spacial score (nSPS) is 17.4. The minimum atomic E-state index is -0.467. The summed E-state index contributed by atoms with van der Waals surface area (Å²) >= 11 is 1.25. The molecule has 2 atom stereocenters. The fraction of sp³-hybridized carbons (Fsp3) is 0.375. The standard InChI is InChI=1S/C24H30N4O5S/c1-3-33-20-10-5-4-9-19(20)27-23(31)15-34-24-26-17(13-22(30)28-24)12-21(29)25-14-16-7-6-8-18(11-16)32-2/h4-11,17,24,26H,3,12-15H2,1-2H3,(H,25,29)(H,27,31)(H,28,30). The molecule has 9 nitrogen and oxygen atoms in total. The summed E-state index contributed by atoms with van der Waals surface area (Å²) in [5.74, 6) is 0.905. The number of carbonyl (C=O) groups is 3. The predicted molar refractivity (Wildman–Crippen MR) is 132 cm³/mol. The van der Waals surface area contributed by atoms with E-state index < -0.39 is 5.50 Å². The molecule has 2 aromatic rings. The summed E-state index contributed by atoms with van der Waals surface area (Å²) in [4.78, 5) is 37.0. The summed E-state index contributed by atoms with van der Waals surface area (Å²) in [7, 11) is 1.59. The number of amides is 3. The monoisotopic (exact) mass is 486 g/mol. The fourth-order valence-corrected chi connectivity index (χ4v) is 4.33. The number of carbonyl (C=O) groups excluding carboxylic acids is 3. The lowest BCUT2D eigenvalue weighted by molar-refractivity contribution is -0.125. The molecule has 4 N–H and O–H groups in total. The van der Waals surface area contributed by atoms with Gasteiger partial charge in [0, 0.05) is 25.4 Å². The lowest BCUT2D eigenvalue weighted by atomic mass is 10.1. The third-order valence-corrected chi connectivity index (χ3v) is 6.02. The van der Waals surface area contributed by atoms with Gasteiger partial charge in [-0.3, -0.25) is 19.7 Å². The zero-order chi connectivity index (χ0) is 24.3. The molecule has 1 fully saturated rings. The zero-order valence-electron chi connectivity index (χ0n) is 19.3. The van der Waals surface area contributed by atoms with Crippen LogP contribution in [-0.4, -0.2) is 48.7 Å². The number of hydrogen-bond acceptors (Lipinski definition) is 7. The average Bonchev–Trinajstić information content (AvgIpc) is 2.83. The van der Waals surface area contributed by atoms with Gasteiger partial charge in [0.15, 0.2) is 0 Å². The Balaban J connectivity index is 1.44. The molecule has 2 unspecified atom stereocenters. The Labute approximate surface area is 203 Å².